The van der Waals surface area contributed by atoms with Crippen molar-refractivity contribution in [1.29, 1.82) is 0 Å². The largest absolute Gasteiger partial charge is 0.317 e. The molecule has 0 aliphatic heterocycles. The summed E-state index contributed by atoms with van der Waals surface area (Å²) in [5.74, 6) is 5.04. The fourth-order valence-corrected chi connectivity index (χ4v) is 3.97. The molecule has 0 radical (unpaired) electrons. The average Bonchev–Trinajstić information content (AvgIpc) is 2.85. The quantitative estimate of drug-likeness (QED) is 0.724. The van der Waals surface area contributed by atoms with Crippen molar-refractivity contribution in [3.63, 3.8) is 0 Å². The van der Waals surface area contributed by atoms with Gasteiger partial charge < -0.3 is 5.32 Å². The van der Waals surface area contributed by atoms with Gasteiger partial charge in [0.2, 0.25) is 0 Å². The third kappa shape index (κ3) is 2.80. The van der Waals surface area contributed by atoms with Gasteiger partial charge >= 0.3 is 0 Å². The smallest absolute Gasteiger partial charge is 0.00181 e. The first-order valence-corrected chi connectivity index (χ1v) is 7.41. The monoisotopic (exact) mass is 223 g/mol. The molecule has 0 aromatic heterocycles. The van der Waals surface area contributed by atoms with Gasteiger partial charge in [0, 0.05) is 0 Å². The molecule has 0 aromatic carbocycles. The van der Waals surface area contributed by atoms with Crippen molar-refractivity contribution in [2.45, 2.75) is 52.9 Å². The molecule has 0 aromatic rings. The van der Waals surface area contributed by atoms with E-state index in [-0.39, 0.29) is 0 Å². The number of hydrogen-bond donors (Lipinski definition) is 1. The van der Waals surface area contributed by atoms with Crippen LogP contribution in [-0.2, 0) is 0 Å². The molecule has 2 rings (SSSR count). The van der Waals surface area contributed by atoms with Crippen LogP contribution in [0.5, 0.6) is 0 Å². The van der Waals surface area contributed by atoms with Gasteiger partial charge in [-0.3, -0.25) is 0 Å². The lowest BCUT2D eigenvalue weighted by Crippen LogP contribution is -2.29. The molecule has 0 heterocycles. The molecule has 0 amide bonds. The molecular weight excluding hydrogens is 194 g/mol. The summed E-state index contributed by atoms with van der Waals surface area (Å²) in [7, 11) is 0. The SMILES string of the molecule is CCNCC(CC1CC2CCC1C2)C(C)C. The van der Waals surface area contributed by atoms with Crippen molar-refractivity contribution in [1.82, 2.24) is 5.32 Å². The van der Waals surface area contributed by atoms with Crippen LogP contribution >= 0.6 is 0 Å². The van der Waals surface area contributed by atoms with Gasteiger partial charge in [0.25, 0.3) is 0 Å². The molecule has 4 atom stereocenters. The van der Waals surface area contributed by atoms with Crippen molar-refractivity contribution < 1.29 is 0 Å². The minimum Gasteiger partial charge on any atom is -0.317 e. The van der Waals surface area contributed by atoms with E-state index in [1.54, 1.807) is 25.7 Å². The summed E-state index contributed by atoms with van der Waals surface area (Å²) in [6.45, 7) is 9.38. The van der Waals surface area contributed by atoms with E-state index < -0.39 is 0 Å². The van der Waals surface area contributed by atoms with Crippen LogP contribution in [0.15, 0.2) is 0 Å². The lowest BCUT2D eigenvalue weighted by atomic mass is 9.79. The first-order chi connectivity index (χ1) is 7.70. The Kier molecular flexibility index (Phi) is 4.29. The zero-order valence-electron chi connectivity index (χ0n) is 11.3. The molecule has 0 saturated heterocycles. The number of nitrogens with one attached hydrogen (secondary N) is 1. The zero-order valence-corrected chi connectivity index (χ0v) is 11.3. The first-order valence-electron chi connectivity index (χ1n) is 7.41. The summed E-state index contributed by atoms with van der Waals surface area (Å²) in [5, 5.41) is 3.55. The summed E-state index contributed by atoms with van der Waals surface area (Å²) in [6, 6.07) is 0. The molecule has 2 aliphatic rings. The highest BCUT2D eigenvalue weighted by atomic mass is 14.8. The van der Waals surface area contributed by atoms with Crippen LogP contribution in [0.4, 0.5) is 0 Å². The van der Waals surface area contributed by atoms with E-state index in [0.717, 1.165) is 36.1 Å². The fraction of sp³-hybridized carbons (Fsp3) is 1.00. The fourth-order valence-electron chi connectivity index (χ4n) is 3.97. The van der Waals surface area contributed by atoms with Gasteiger partial charge in [0.15, 0.2) is 0 Å². The van der Waals surface area contributed by atoms with Gasteiger partial charge in [0.05, 0.1) is 0 Å². The predicted molar refractivity (Wildman–Crippen MR) is 70.4 cm³/mol. The molecule has 1 heteroatoms. The summed E-state index contributed by atoms with van der Waals surface area (Å²) >= 11 is 0. The summed E-state index contributed by atoms with van der Waals surface area (Å²) in [4.78, 5) is 0. The average molecular weight is 223 g/mol. The van der Waals surface area contributed by atoms with Crippen molar-refractivity contribution in [3.05, 3.63) is 0 Å². The van der Waals surface area contributed by atoms with E-state index in [2.05, 4.69) is 26.1 Å². The van der Waals surface area contributed by atoms with Crippen LogP contribution in [-0.4, -0.2) is 13.1 Å². The molecule has 2 saturated carbocycles. The van der Waals surface area contributed by atoms with Crippen LogP contribution in [0.3, 0.4) is 0 Å². The van der Waals surface area contributed by atoms with Gasteiger partial charge in [-0.05, 0) is 68.4 Å². The standard InChI is InChI=1S/C15H29N/c1-4-16-10-15(11(2)3)9-14-8-12-5-6-13(14)7-12/h11-16H,4-10H2,1-3H3. The van der Waals surface area contributed by atoms with E-state index in [9.17, 15) is 0 Å². The maximum Gasteiger partial charge on any atom is -0.00181 e. The van der Waals surface area contributed by atoms with Crippen molar-refractivity contribution >= 4 is 0 Å². The highest BCUT2D eigenvalue weighted by molar-refractivity contribution is 4.91. The van der Waals surface area contributed by atoms with Crippen LogP contribution in [0, 0.1) is 29.6 Å². The molecule has 1 nitrogen and oxygen atoms in total. The summed E-state index contributed by atoms with van der Waals surface area (Å²) in [5.41, 5.74) is 0. The highest BCUT2D eigenvalue weighted by Gasteiger charge is 2.40. The summed E-state index contributed by atoms with van der Waals surface area (Å²) in [6.07, 6.45) is 7.70. The van der Waals surface area contributed by atoms with E-state index in [1.807, 2.05) is 0 Å². The van der Waals surface area contributed by atoms with E-state index in [1.165, 1.54) is 13.0 Å². The predicted octanol–water partition coefficient (Wildman–Crippen LogP) is 3.69. The Morgan fingerprint density at radius 1 is 1.19 bits per heavy atom. The molecule has 94 valence electrons. The molecule has 1 N–H and O–H groups in total. The lowest BCUT2D eigenvalue weighted by molar-refractivity contribution is 0.228. The second-order valence-corrected chi connectivity index (χ2v) is 6.48. The number of rotatable bonds is 6. The minimum atomic E-state index is 0.846. The number of hydrogen-bond acceptors (Lipinski definition) is 1. The maximum absolute atomic E-state index is 3.55. The van der Waals surface area contributed by atoms with Crippen LogP contribution in [0.1, 0.15) is 52.9 Å². The molecular formula is C15H29N. The molecule has 0 spiro atoms. The molecule has 16 heavy (non-hydrogen) atoms. The Balaban J connectivity index is 1.81. The Labute approximate surface area is 101 Å². The van der Waals surface area contributed by atoms with E-state index >= 15 is 0 Å². The zero-order chi connectivity index (χ0) is 11.5. The van der Waals surface area contributed by atoms with Gasteiger partial charge in [-0.1, -0.05) is 27.2 Å². The Bertz CT molecular complexity index is 211. The topological polar surface area (TPSA) is 12.0 Å². The van der Waals surface area contributed by atoms with Crippen molar-refractivity contribution in [2.75, 3.05) is 13.1 Å². The Morgan fingerprint density at radius 3 is 2.50 bits per heavy atom. The van der Waals surface area contributed by atoms with Gasteiger partial charge in [-0.2, -0.15) is 0 Å². The minimum absolute atomic E-state index is 0.846. The molecule has 4 unspecified atom stereocenters. The summed E-state index contributed by atoms with van der Waals surface area (Å²) < 4.78 is 0. The Hall–Kier alpha value is -0.0400. The van der Waals surface area contributed by atoms with E-state index in [0.29, 0.717) is 0 Å². The first kappa shape index (κ1) is 12.4. The van der Waals surface area contributed by atoms with Gasteiger partial charge in [0.1, 0.15) is 0 Å². The maximum atomic E-state index is 3.55. The van der Waals surface area contributed by atoms with Crippen molar-refractivity contribution in [2.24, 2.45) is 29.6 Å². The Morgan fingerprint density at radius 2 is 2.00 bits per heavy atom. The van der Waals surface area contributed by atoms with Gasteiger partial charge in [-0.25, -0.2) is 0 Å². The third-order valence-corrected chi connectivity index (χ3v) is 5.09. The second-order valence-electron chi connectivity index (χ2n) is 6.48. The van der Waals surface area contributed by atoms with Crippen LogP contribution in [0.25, 0.3) is 0 Å². The lowest BCUT2D eigenvalue weighted by Gasteiger charge is -2.29. The normalized spacial score (nSPS) is 34.9. The van der Waals surface area contributed by atoms with Crippen LogP contribution in [0.2, 0.25) is 0 Å². The molecule has 2 fully saturated rings. The van der Waals surface area contributed by atoms with Gasteiger partial charge in [-0.15, -0.1) is 0 Å². The molecule has 2 bridgehead atoms. The second kappa shape index (κ2) is 5.53. The third-order valence-electron chi connectivity index (χ3n) is 5.09. The number of fused-ring (bicyclic) bond motifs is 2. The van der Waals surface area contributed by atoms with E-state index in [4.69, 9.17) is 0 Å². The van der Waals surface area contributed by atoms with Crippen LogP contribution < -0.4 is 5.32 Å². The molecule has 2 aliphatic carbocycles. The van der Waals surface area contributed by atoms with Crippen molar-refractivity contribution in [3.8, 4) is 0 Å². The highest BCUT2D eigenvalue weighted by Crippen LogP contribution is 2.50.